The summed E-state index contributed by atoms with van der Waals surface area (Å²) in [5.41, 5.74) is 1.83. The number of piperazine rings is 1. The van der Waals surface area contributed by atoms with Crippen LogP contribution in [0.1, 0.15) is 23.0 Å². The minimum atomic E-state index is -3.20. The summed E-state index contributed by atoms with van der Waals surface area (Å²) in [6.07, 6.45) is 3.31. The van der Waals surface area contributed by atoms with E-state index in [2.05, 4.69) is 10.1 Å². The predicted octanol–water partition coefficient (Wildman–Crippen LogP) is 0.145. The highest BCUT2D eigenvalue weighted by atomic mass is 32.2. The van der Waals surface area contributed by atoms with Crippen LogP contribution in [-0.2, 0) is 10.0 Å². The van der Waals surface area contributed by atoms with E-state index < -0.39 is 10.0 Å². The predicted molar refractivity (Wildman–Crippen MR) is 84.7 cm³/mol. The van der Waals surface area contributed by atoms with Crippen LogP contribution in [0.2, 0.25) is 0 Å². The second kappa shape index (κ2) is 5.89. The number of amides is 1. The van der Waals surface area contributed by atoms with E-state index in [1.54, 1.807) is 41.7 Å². The maximum atomic E-state index is 12.7. The largest absolute Gasteiger partial charge is 0.336 e. The standard InChI is InChI=1S/C14H19N5O3S/c1-3-23(21,22)18-8-6-17(7-9-18)14(20)12-10-19-13(4-5-15-19)16-11(12)2/h4-5,10H,3,6-9H2,1-2H3. The molecule has 1 aliphatic rings. The number of fused-ring (bicyclic) bond motifs is 1. The molecule has 8 nitrogen and oxygen atoms in total. The maximum Gasteiger partial charge on any atom is 0.257 e. The van der Waals surface area contributed by atoms with Gasteiger partial charge in [-0.2, -0.15) is 9.40 Å². The summed E-state index contributed by atoms with van der Waals surface area (Å²) in [6, 6.07) is 1.77. The maximum absolute atomic E-state index is 12.7. The summed E-state index contributed by atoms with van der Waals surface area (Å²) in [7, 11) is -3.20. The van der Waals surface area contributed by atoms with Gasteiger partial charge in [-0.05, 0) is 13.8 Å². The van der Waals surface area contributed by atoms with Gasteiger partial charge in [-0.15, -0.1) is 0 Å². The molecule has 3 rings (SSSR count). The van der Waals surface area contributed by atoms with Crippen molar-refractivity contribution in [3.8, 4) is 0 Å². The average molecular weight is 337 g/mol. The first kappa shape index (κ1) is 15.9. The highest BCUT2D eigenvalue weighted by Crippen LogP contribution is 2.14. The van der Waals surface area contributed by atoms with Crippen molar-refractivity contribution >= 4 is 21.6 Å². The summed E-state index contributed by atoms with van der Waals surface area (Å²) in [5, 5.41) is 4.10. The lowest BCUT2D eigenvalue weighted by Gasteiger charge is -2.34. The smallest absolute Gasteiger partial charge is 0.257 e. The van der Waals surface area contributed by atoms with Gasteiger partial charge in [0, 0.05) is 38.4 Å². The third-order valence-electron chi connectivity index (χ3n) is 4.09. The van der Waals surface area contributed by atoms with Gasteiger partial charge in [0.15, 0.2) is 5.65 Å². The van der Waals surface area contributed by atoms with Crippen LogP contribution in [0.3, 0.4) is 0 Å². The minimum absolute atomic E-state index is 0.0833. The summed E-state index contributed by atoms with van der Waals surface area (Å²) in [6.45, 7) is 4.85. The van der Waals surface area contributed by atoms with E-state index in [1.165, 1.54) is 4.31 Å². The second-order valence-corrected chi connectivity index (χ2v) is 7.72. The number of rotatable bonds is 3. The van der Waals surface area contributed by atoms with Gasteiger partial charge in [0.05, 0.1) is 23.2 Å². The molecule has 1 saturated heterocycles. The Morgan fingerprint density at radius 2 is 1.96 bits per heavy atom. The molecule has 1 aliphatic heterocycles. The Morgan fingerprint density at radius 3 is 2.61 bits per heavy atom. The molecule has 0 bridgehead atoms. The first-order valence-corrected chi connectivity index (χ1v) is 9.11. The molecule has 2 aromatic heterocycles. The molecule has 0 N–H and O–H groups in total. The Bertz CT molecular complexity index is 837. The molecule has 1 fully saturated rings. The van der Waals surface area contributed by atoms with Crippen molar-refractivity contribution < 1.29 is 13.2 Å². The average Bonchev–Trinajstić information content (AvgIpc) is 3.00. The first-order valence-electron chi connectivity index (χ1n) is 7.50. The molecule has 1 amide bonds. The number of aromatic nitrogens is 3. The van der Waals surface area contributed by atoms with Crippen LogP contribution >= 0.6 is 0 Å². The molecule has 2 aromatic rings. The van der Waals surface area contributed by atoms with Crippen LogP contribution in [0.5, 0.6) is 0 Å². The number of aryl methyl sites for hydroxylation is 1. The zero-order valence-corrected chi connectivity index (χ0v) is 14.0. The van der Waals surface area contributed by atoms with Crippen LogP contribution in [0.25, 0.3) is 5.65 Å². The monoisotopic (exact) mass is 337 g/mol. The Hall–Kier alpha value is -2.00. The van der Waals surface area contributed by atoms with Crippen molar-refractivity contribution in [1.29, 1.82) is 0 Å². The van der Waals surface area contributed by atoms with E-state index in [4.69, 9.17) is 0 Å². The van der Waals surface area contributed by atoms with Crippen molar-refractivity contribution in [2.24, 2.45) is 0 Å². The van der Waals surface area contributed by atoms with Gasteiger partial charge in [-0.1, -0.05) is 0 Å². The number of hydrogen-bond donors (Lipinski definition) is 0. The van der Waals surface area contributed by atoms with E-state index in [0.717, 1.165) is 0 Å². The molecule has 0 aliphatic carbocycles. The van der Waals surface area contributed by atoms with Crippen LogP contribution in [0, 0.1) is 6.92 Å². The summed E-state index contributed by atoms with van der Waals surface area (Å²) < 4.78 is 26.8. The lowest BCUT2D eigenvalue weighted by molar-refractivity contribution is 0.0696. The molecule has 0 saturated carbocycles. The van der Waals surface area contributed by atoms with E-state index in [1.807, 2.05) is 0 Å². The summed E-state index contributed by atoms with van der Waals surface area (Å²) in [4.78, 5) is 18.7. The van der Waals surface area contributed by atoms with Gasteiger partial charge in [0.25, 0.3) is 5.91 Å². The Kier molecular flexibility index (Phi) is 4.07. The number of sulfonamides is 1. The van der Waals surface area contributed by atoms with Crippen molar-refractivity contribution in [3.05, 3.63) is 29.7 Å². The van der Waals surface area contributed by atoms with Gasteiger partial charge in [0.2, 0.25) is 10.0 Å². The molecule has 0 atom stereocenters. The molecular weight excluding hydrogens is 318 g/mol. The van der Waals surface area contributed by atoms with Crippen molar-refractivity contribution in [2.75, 3.05) is 31.9 Å². The summed E-state index contributed by atoms with van der Waals surface area (Å²) >= 11 is 0. The third-order valence-corrected chi connectivity index (χ3v) is 5.97. The van der Waals surface area contributed by atoms with Crippen molar-refractivity contribution in [2.45, 2.75) is 13.8 Å². The molecule has 0 radical (unpaired) electrons. The summed E-state index contributed by atoms with van der Waals surface area (Å²) in [5.74, 6) is -0.0547. The van der Waals surface area contributed by atoms with E-state index in [-0.39, 0.29) is 11.7 Å². The number of hydrogen-bond acceptors (Lipinski definition) is 5. The fraction of sp³-hybridized carbons (Fsp3) is 0.500. The molecule has 9 heteroatoms. The highest BCUT2D eigenvalue weighted by Gasteiger charge is 2.29. The van der Waals surface area contributed by atoms with E-state index in [9.17, 15) is 13.2 Å². The lowest BCUT2D eigenvalue weighted by Crippen LogP contribution is -2.51. The highest BCUT2D eigenvalue weighted by molar-refractivity contribution is 7.89. The van der Waals surface area contributed by atoms with Gasteiger partial charge < -0.3 is 4.90 Å². The minimum Gasteiger partial charge on any atom is -0.336 e. The van der Waals surface area contributed by atoms with Crippen LogP contribution < -0.4 is 0 Å². The molecular formula is C14H19N5O3S. The fourth-order valence-electron chi connectivity index (χ4n) is 2.68. The lowest BCUT2D eigenvalue weighted by atomic mass is 10.2. The number of carbonyl (C=O) groups excluding carboxylic acids is 1. The van der Waals surface area contributed by atoms with Crippen LogP contribution in [-0.4, -0.2) is 70.1 Å². The number of carbonyl (C=O) groups is 1. The van der Waals surface area contributed by atoms with Crippen LogP contribution in [0.15, 0.2) is 18.5 Å². The fourth-order valence-corrected chi connectivity index (χ4v) is 3.76. The Labute approximate surface area is 134 Å². The Morgan fingerprint density at radius 1 is 1.26 bits per heavy atom. The van der Waals surface area contributed by atoms with Gasteiger partial charge >= 0.3 is 0 Å². The van der Waals surface area contributed by atoms with Gasteiger partial charge in [0.1, 0.15) is 0 Å². The zero-order chi connectivity index (χ0) is 16.6. The third kappa shape index (κ3) is 2.93. The number of nitrogens with zero attached hydrogens (tertiary/aromatic N) is 5. The molecule has 23 heavy (non-hydrogen) atoms. The topological polar surface area (TPSA) is 87.9 Å². The second-order valence-electron chi connectivity index (χ2n) is 5.47. The van der Waals surface area contributed by atoms with Gasteiger partial charge in [-0.3, -0.25) is 4.79 Å². The van der Waals surface area contributed by atoms with E-state index >= 15 is 0 Å². The molecule has 124 valence electrons. The van der Waals surface area contributed by atoms with Gasteiger partial charge in [-0.25, -0.2) is 17.9 Å². The zero-order valence-electron chi connectivity index (χ0n) is 13.1. The molecule has 0 spiro atoms. The Balaban J connectivity index is 1.77. The van der Waals surface area contributed by atoms with Crippen molar-refractivity contribution in [1.82, 2.24) is 23.8 Å². The molecule has 3 heterocycles. The first-order chi connectivity index (χ1) is 10.9. The van der Waals surface area contributed by atoms with Crippen LogP contribution in [0.4, 0.5) is 0 Å². The SMILES string of the molecule is CCS(=O)(=O)N1CCN(C(=O)c2cn3nccc3nc2C)CC1. The molecule has 0 unspecified atom stereocenters. The molecule has 0 aromatic carbocycles. The quantitative estimate of drug-likeness (QED) is 0.795. The van der Waals surface area contributed by atoms with Crippen molar-refractivity contribution in [3.63, 3.8) is 0 Å². The normalized spacial score (nSPS) is 16.9. The van der Waals surface area contributed by atoms with E-state index in [0.29, 0.717) is 43.1 Å².